The van der Waals surface area contributed by atoms with Gasteiger partial charge in [-0.2, -0.15) is 0 Å². The van der Waals surface area contributed by atoms with Crippen LogP contribution in [0, 0.1) is 0 Å². The Bertz CT molecular complexity index is 186. The lowest BCUT2D eigenvalue weighted by molar-refractivity contribution is 0.247. The van der Waals surface area contributed by atoms with Gasteiger partial charge in [-0.3, -0.25) is 5.43 Å². The van der Waals surface area contributed by atoms with Gasteiger partial charge in [-0.15, -0.1) is 0 Å². The molecule has 0 saturated carbocycles. The molecule has 0 unspecified atom stereocenters. The van der Waals surface area contributed by atoms with Gasteiger partial charge in [0.1, 0.15) is 0 Å². The van der Waals surface area contributed by atoms with E-state index in [-0.39, 0.29) is 5.54 Å². The number of hydrazine groups is 1. The lowest BCUT2D eigenvalue weighted by Crippen LogP contribution is -2.53. The number of carbonyl (C=O) groups excluding carboxylic acids is 1. The van der Waals surface area contributed by atoms with Gasteiger partial charge >= 0.3 is 6.03 Å². The van der Waals surface area contributed by atoms with Crippen LogP contribution in [0.15, 0.2) is 0 Å². The molecule has 0 aromatic rings. The fourth-order valence-corrected chi connectivity index (χ4v) is 0.847. The molecule has 70 valence electrons. The van der Waals surface area contributed by atoms with E-state index in [2.05, 4.69) is 16.2 Å². The summed E-state index contributed by atoms with van der Waals surface area (Å²) in [7, 11) is 0. The number of hydrogen-bond donors (Lipinski definition) is 4. The van der Waals surface area contributed by atoms with Gasteiger partial charge in [-0.05, 0) is 33.0 Å². The fraction of sp³-hybridized carbons (Fsp3) is 0.667. The molecule has 0 bridgehead atoms. The molecule has 0 saturated heterocycles. The Labute approximate surface area is 77.0 Å². The summed E-state index contributed by atoms with van der Waals surface area (Å²) >= 11 is 4.83. The van der Waals surface area contributed by atoms with E-state index in [9.17, 15) is 4.79 Å². The highest BCUT2D eigenvalue weighted by Crippen LogP contribution is 1.96. The molecule has 0 fully saturated rings. The number of primary amides is 1. The molecule has 0 heterocycles. The second-order valence-electron chi connectivity index (χ2n) is 3.32. The molecular weight excluding hydrogens is 176 g/mol. The van der Waals surface area contributed by atoms with Gasteiger partial charge in [0.2, 0.25) is 0 Å². The van der Waals surface area contributed by atoms with Gasteiger partial charge in [-0.1, -0.05) is 0 Å². The van der Waals surface area contributed by atoms with Crippen molar-refractivity contribution in [2.45, 2.75) is 26.3 Å². The molecular formula is C6H14N4OS. The first kappa shape index (κ1) is 11.0. The summed E-state index contributed by atoms with van der Waals surface area (Å²) in [6, 6.07) is -0.673. The van der Waals surface area contributed by atoms with Crippen LogP contribution in [0.25, 0.3) is 0 Å². The first-order chi connectivity index (χ1) is 5.31. The normalized spacial score (nSPS) is 10.2. The first-order valence-electron chi connectivity index (χ1n) is 3.45. The van der Waals surface area contributed by atoms with Crippen LogP contribution in [-0.2, 0) is 0 Å². The molecule has 0 aliphatic heterocycles. The molecule has 0 aliphatic rings. The molecule has 0 aromatic carbocycles. The van der Waals surface area contributed by atoms with Crippen molar-refractivity contribution in [1.82, 2.24) is 16.2 Å². The second-order valence-corrected chi connectivity index (χ2v) is 3.73. The van der Waals surface area contributed by atoms with E-state index in [0.717, 1.165) is 0 Å². The van der Waals surface area contributed by atoms with Crippen LogP contribution in [0.3, 0.4) is 0 Å². The summed E-state index contributed by atoms with van der Waals surface area (Å²) in [5, 5.41) is 3.26. The minimum Gasteiger partial charge on any atom is -0.357 e. The van der Waals surface area contributed by atoms with Crippen molar-refractivity contribution in [2.75, 3.05) is 0 Å². The molecule has 12 heavy (non-hydrogen) atoms. The third kappa shape index (κ3) is 7.07. The molecule has 5 nitrogen and oxygen atoms in total. The smallest absolute Gasteiger partial charge is 0.330 e. The zero-order valence-electron chi connectivity index (χ0n) is 7.39. The lowest BCUT2D eigenvalue weighted by Gasteiger charge is -2.22. The third-order valence-corrected chi connectivity index (χ3v) is 0.992. The Morgan fingerprint density at radius 2 is 1.83 bits per heavy atom. The van der Waals surface area contributed by atoms with Crippen LogP contribution in [0.4, 0.5) is 4.79 Å². The monoisotopic (exact) mass is 190 g/mol. The Hall–Kier alpha value is -1.04. The summed E-state index contributed by atoms with van der Waals surface area (Å²) < 4.78 is 0. The number of hydrogen-bond acceptors (Lipinski definition) is 2. The quantitative estimate of drug-likeness (QED) is 0.316. The van der Waals surface area contributed by atoms with Crippen LogP contribution in [0.5, 0.6) is 0 Å². The maximum absolute atomic E-state index is 10.2. The highest BCUT2D eigenvalue weighted by Gasteiger charge is 2.10. The first-order valence-corrected chi connectivity index (χ1v) is 3.86. The summed E-state index contributed by atoms with van der Waals surface area (Å²) in [5.74, 6) is 0. The largest absolute Gasteiger partial charge is 0.357 e. The van der Waals surface area contributed by atoms with Gasteiger partial charge in [0.15, 0.2) is 5.11 Å². The van der Waals surface area contributed by atoms with E-state index in [0.29, 0.717) is 5.11 Å². The minimum atomic E-state index is -0.673. The number of carbonyl (C=O) groups is 1. The van der Waals surface area contributed by atoms with Crippen molar-refractivity contribution in [2.24, 2.45) is 5.73 Å². The Kier molecular flexibility index (Phi) is 3.75. The molecule has 2 amide bonds. The number of nitrogens with one attached hydrogen (secondary N) is 3. The molecule has 0 radical (unpaired) electrons. The zero-order valence-corrected chi connectivity index (χ0v) is 8.21. The topological polar surface area (TPSA) is 79.2 Å². The van der Waals surface area contributed by atoms with Gasteiger partial charge in [-0.25, -0.2) is 10.2 Å². The van der Waals surface area contributed by atoms with E-state index in [4.69, 9.17) is 18.0 Å². The molecule has 0 aliphatic carbocycles. The van der Waals surface area contributed by atoms with Crippen molar-refractivity contribution < 1.29 is 4.79 Å². The molecule has 5 N–H and O–H groups in total. The van der Waals surface area contributed by atoms with Crippen molar-refractivity contribution >= 4 is 23.4 Å². The van der Waals surface area contributed by atoms with Crippen LogP contribution >= 0.6 is 12.2 Å². The molecule has 6 heteroatoms. The lowest BCUT2D eigenvalue weighted by atomic mass is 10.1. The second kappa shape index (κ2) is 4.10. The van der Waals surface area contributed by atoms with Crippen molar-refractivity contribution in [1.29, 1.82) is 0 Å². The summed E-state index contributed by atoms with van der Waals surface area (Å²) in [4.78, 5) is 10.2. The van der Waals surface area contributed by atoms with Crippen molar-refractivity contribution in [3.8, 4) is 0 Å². The SMILES string of the molecule is CC(C)(C)NC(=S)NNC(N)=O. The summed E-state index contributed by atoms with van der Waals surface area (Å²) in [5.41, 5.74) is 9.26. The highest BCUT2D eigenvalue weighted by molar-refractivity contribution is 7.80. The highest BCUT2D eigenvalue weighted by atomic mass is 32.1. The predicted octanol–water partition coefficient (Wildman–Crippen LogP) is -0.168. The van der Waals surface area contributed by atoms with Gasteiger partial charge in [0.05, 0.1) is 0 Å². The Balaban J connectivity index is 3.68. The maximum Gasteiger partial charge on any atom is 0.330 e. The predicted molar refractivity (Wildman–Crippen MR) is 51.3 cm³/mol. The molecule has 0 spiro atoms. The van der Waals surface area contributed by atoms with E-state index in [1.807, 2.05) is 20.8 Å². The number of thiocarbonyl (C=S) groups is 1. The number of urea groups is 1. The average molecular weight is 190 g/mol. The van der Waals surface area contributed by atoms with Crippen LogP contribution in [0.1, 0.15) is 20.8 Å². The van der Waals surface area contributed by atoms with Crippen LogP contribution in [0.2, 0.25) is 0 Å². The van der Waals surface area contributed by atoms with Gasteiger partial charge in [0, 0.05) is 5.54 Å². The number of nitrogens with two attached hydrogens (primary N) is 1. The van der Waals surface area contributed by atoms with E-state index < -0.39 is 6.03 Å². The third-order valence-electron chi connectivity index (χ3n) is 0.788. The fourth-order valence-electron chi connectivity index (χ4n) is 0.490. The number of amides is 2. The van der Waals surface area contributed by atoms with Crippen molar-refractivity contribution in [3.63, 3.8) is 0 Å². The van der Waals surface area contributed by atoms with Gasteiger partial charge < -0.3 is 11.1 Å². The summed E-state index contributed by atoms with van der Waals surface area (Å²) in [6.07, 6.45) is 0. The van der Waals surface area contributed by atoms with E-state index >= 15 is 0 Å². The van der Waals surface area contributed by atoms with E-state index in [1.165, 1.54) is 0 Å². The van der Waals surface area contributed by atoms with Gasteiger partial charge in [0.25, 0.3) is 0 Å². The Morgan fingerprint density at radius 1 is 1.33 bits per heavy atom. The van der Waals surface area contributed by atoms with Crippen LogP contribution < -0.4 is 21.9 Å². The zero-order chi connectivity index (χ0) is 9.78. The average Bonchev–Trinajstić information content (AvgIpc) is 1.79. The van der Waals surface area contributed by atoms with Crippen molar-refractivity contribution in [3.05, 3.63) is 0 Å². The van der Waals surface area contributed by atoms with E-state index in [1.54, 1.807) is 0 Å². The summed E-state index contributed by atoms with van der Waals surface area (Å²) in [6.45, 7) is 5.85. The van der Waals surface area contributed by atoms with Crippen LogP contribution in [-0.4, -0.2) is 16.7 Å². The minimum absolute atomic E-state index is 0.136. The number of rotatable bonds is 0. The Morgan fingerprint density at radius 3 is 2.17 bits per heavy atom. The molecule has 0 aromatic heterocycles. The molecule has 0 atom stereocenters. The standard InChI is InChI=1S/C6H14N4OS/c1-6(2,3)8-5(12)10-9-4(7)11/h1-3H3,(H3,7,9,11)(H2,8,10,12). The molecule has 0 rings (SSSR count). The maximum atomic E-state index is 10.2.